The van der Waals surface area contributed by atoms with Crippen LogP contribution in [0.5, 0.6) is 5.75 Å². The first-order chi connectivity index (χ1) is 11.7. The highest BCUT2D eigenvalue weighted by Crippen LogP contribution is 2.39. The molecule has 4 rings (SSSR count). The lowest BCUT2D eigenvalue weighted by atomic mass is 9.97. The highest BCUT2D eigenvalue weighted by atomic mass is 16.5. The molecule has 1 aliphatic heterocycles. The van der Waals surface area contributed by atoms with Crippen molar-refractivity contribution >= 4 is 5.91 Å². The number of nitrogens with zero attached hydrogens (tertiary/aromatic N) is 4. The summed E-state index contributed by atoms with van der Waals surface area (Å²) in [4.78, 5) is 14.9. The van der Waals surface area contributed by atoms with Crippen molar-refractivity contribution in [3.05, 3.63) is 48.3 Å². The van der Waals surface area contributed by atoms with E-state index >= 15 is 0 Å². The zero-order chi connectivity index (χ0) is 16.6. The number of aromatic nitrogens is 3. The summed E-state index contributed by atoms with van der Waals surface area (Å²) >= 11 is 0. The average molecular weight is 324 g/mol. The first kappa shape index (κ1) is 14.9. The van der Waals surface area contributed by atoms with Gasteiger partial charge in [-0.15, -0.1) is 5.10 Å². The number of amides is 1. The van der Waals surface area contributed by atoms with E-state index in [1.54, 1.807) is 18.0 Å². The number of benzene rings is 1. The smallest absolute Gasteiger partial charge is 0.277 e. The number of carbonyl (C=O) groups is 1. The summed E-state index contributed by atoms with van der Waals surface area (Å²) in [5.41, 5.74) is 1.14. The fourth-order valence-corrected chi connectivity index (χ4v) is 3.72. The number of methoxy groups -OCH3 is 1. The van der Waals surface area contributed by atoms with Gasteiger partial charge in [0.1, 0.15) is 5.75 Å². The first-order valence-corrected chi connectivity index (χ1v) is 8.28. The second kappa shape index (κ2) is 5.78. The Kier molecular flexibility index (Phi) is 3.59. The van der Waals surface area contributed by atoms with E-state index in [4.69, 9.17) is 4.74 Å². The van der Waals surface area contributed by atoms with Crippen molar-refractivity contribution in [1.82, 2.24) is 19.9 Å². The highest BCUT2D eigenvalue weighted by Gasteiger charge is 2.43. The van der Waals surface area contributed by atoms with Gasteiger partial charge in [-0.05, 0) is 37.1 Å². The Bertz CT molecular complexity index is 773. The molecule has 1 aromatic heterocycles. The minimum atomic E-state index is -0.0963. The van der Waals surface area contributed by atoms with Gasteiger partial charge in [-0.2, -0.15) is 0 Å². The van der Waals surface area contributed by atoms with Crippen molar-refractivity contribution in [2.24, 2.45) is 0 Å². The lowest BCUT2D eigenvalue weighted by Crippen LogP contribution is -2.45. The molecule has 0 unspecified atom stereocenters. The van der Waals surface area contributed by atoms with Crippen LogP contribution in [0.4, 0.5) is 0 Å². The van der Waals surface area contributed by atoms with E-state index in [-0.39, 0.29) is 11.4 Å². The third kappa shape index (κ3) is 2.38. The van der Waals surface area contributed by atoms with Crippen LogP contribution in [0, 0.1) is 0 Å². The zero-order valence-electron chi connectivity index (χ0n) is 13.7. The van der Waals surface area contributed by atoms with Gasteiger partial charge in [0, 0.05) is 6.54 Å². The minimum absolute atomic E-state index is 0.0401. The van der Waals surface area contributed by atoms with Crippen molar-refractivity contribution in [1.29, 1.82) is 0 Å². The molecule has 1 amide bonds. The molecule has 0 radical (unpaired) electrons. The molecule has 1 saturated carbocycles. The normalized spacial score (nSPS) is 18.5. The van der Waals surface area contributed by atoms with Gasteiger partial charge in [0.25, 0.3) is 5.91 Å². The van der Waals surface area contributed by atoms with E-state index in [2.05, 4.69) is 22.5 Å². The predicted octanol–water partition coefficient (Wildman–Crippen LogP) is 2.60. The molecule has 24 heavy (non-hydrogen) atoms. The molecule has 0 saturated heterocycles. The summed E-state index contributed by atoms with van der Waals surface area (Å²) in [6.07, 6.45) is 10.4. The monoisotopic (exact) mass is 324 g/mol. The number of hydrogen-bond donors (Lipinski definition) is 0. The van der Waals surface area contributed by atoms with Gasteiger partial charge < -0.3 is 9.64 Å². The van der Waals surface area contributed by atoms with E-state index in [1.165, 1.54) is 12.8 Å². The Morgan fingerprint density at radius 3 is 2.67 bits per heavy atom. The topological polar surface area (TPSA) is 60.2 Å². The quantitative estimate of drug-likeness (QED) is 0.814. The lowest BCUT2D eigenvalue weighted by molar-refractivity contribution is 0.0637. The summed E-state index contributed by atoms with van der Waals surface area (Å²) in [5.74, 6) is 0.739. The summed E-state index contributed by atoms with van der Waals surface area (Å²) < 4.78 is 6.78. The standard InChI is InChI=1S/C18H20N4O2/c1-24-15-7-5-14(6-8-15)22-13-16(19-20-22)17(23)21-12-4-11-18(21)9-2-3-10-18/h4-8,11,13H,2-3,9-10,12H2,1H3. The number of rotatable bonds is 3. The Morgan fingerprint density at radius 2 is 1.96 bits per heavy atom. The minimum Gasteiger partial charge on any atom is -0.497 e. The van der Waals surface area contributed by atoms with Gasteiger partial charge in [-0.1, -0.05) is 30.2 Å². The van der Waals surface area contributed by atoms with Gasteiger partial charge in [0.05, 0.1) is 24.5 Å². The molecular weight excluding hydrogens is 304 g/mol. The molecule has 124 valence electrons. The van der Waals surface area contributed by atoms with Crippen LogP contribution in [-0.4, -0.2) is 45.0 Å². The van der Waals surface area contributed by atoms with Crippen molar-refractivity contribution in [3.8, 4) is 11.4 Å². The molecule has 2 heterocycles. The highest BCUT2D eigenvalue weighted by molar-refractivity contribution is 5.93. The molecule has 1 fully saturated rings. The molecule has 1 spiro atoms. The molecule has 0 N–H and O–H groups in total. The Morgan fingerprint density at radius 1 is 1.21 bits per heavy atom. The number of ether oxygens (including phenoxy) is 1. The van der Waals surface area contributed by atoms with Crippen LogP contribution >= 0.6 is 0 Å². The van der Waals surface area contributed by atoms with Crippen molar-refractivity contribution < 1.29 is 9.53 Å². The third-order valence-corrected chi connectivity index (χ3v) is 5.02. The van der Waals surface area contributed by atoms with E-state index in [0.717, 1.165) is 24.3 Å². The molecular formula is C18H20N4O2. The van der Waals surface area contributed by atoms with E-state index in [0.29, 0.717) is 12.2 Å². The summed E-state index contributed by atoms with van der Waals surface area (Å²) in [7, 11) is 1.63. The second-order valence-electron chi connectivity index (χ2n) is 6.38. The molecule has 6 nitrogen and oxygen atoms in total. The van der Waals surface area contributed by atoms with Crippen molar-refractivity contribution in [2.45, 2.75) is 31.2 Å². The average Bonchev–Trinajstić information content (AvgIpc) is 3.36. The maximum atomic E-state index is 12.9. The van der Waals surface area contributed by atoms with E-state index in [9.17, 15) is 4.79 Å². The maximum Gasteiger partial charge on any atom is 0.277 e. The fourth-order valence-electron chi connectivity index (χ4n) is 3.72. The number of hydrogen-bond acceptors (Lipinski definition) is 4. The Balaban J connectivity index is 1.57. The van der Waals surface area contributed by atoms with Crippen LogP contribution in [0.2, 0.25) is 0 Å². The van der Waals surface area contributed by atoms with Crippen molar-refractivity contribution in [2.75, 3.05) is 13.7 Å². The SMILES string of the molecule is COc1ccc(-n2cc(C(=O)N3CC=CC34CCCC4)nn2)cc1. The van der Waals surface area contributed by atoms with Gasteiger partial charge in [0.15, 0.2) is 5.69 Å². The number of carbonyl (C=O) groups excluding carboxylic acids is 1. The molecule has 2 aromatic rings. The van der Waals surface area contributed by atoms with E-state index < -0.39 is 0 Å². The van der Waals surface area contributed by atoms with Gasteiger partial charge in [-0.3, -0.25) is 4.79 Å². The van der Waals surface area contributed by atoms with Crippen LogP contribution < -0.4 is 4.74 Å². The van der Waals surface area contributed by atoms with Gasteiger partial charge >= 0.3 is 0 Å². The van der Waals surface area contributed by atoms with Gasteiger partial charge in [-0.25, -0.2) is 4.68 Å². The maximum absolute atomic E-state index is 12.9. The van der Waals surface area contributed by atoms with Crippen LogP contribution in [0.3, 0.4) is 0 Å². The van der Waals surface area contributed by atoms with Crippen LogP contribution in [-0.2, 0) is 0 Å². The van der Waals surface area contributed by atoms with Crippen LogP contribution in [0.25, 0.3) is 5.69 Å². The van der Waals surface area contributed by atoms with E-state index in [1.807, 2.05) is 29.2 Å². The lowest BCUT2D eigenvalue weighted by Gasteiger charge is -2.34. The molecule has 1 aliphatic carbocycles. The molecule has 6 heteroatoms. The molecule has 0 bridgehead atoms. The van der Waals surface area contributed by atoms with Crippen LogP contribution in [0.1, 0.15) is 36.2 Å². The largest absolute Gasteiger partial charge is 0.497 e. The zero-order valence-corrected chi connectivity index (χ0v) is 13.7. The summed E-state index contributed by atoms with van der Waals surface area (Å²) in [6.45, 7) is 0.661. The molecule has 2 aliphatic rings. The summed E-state index contributed by atoms with van der Waals surface area (Å²) in [6, 6.07) is 7.49. The second-order valence-corrected chi connectivity index (χ2v) is 6.38. The Hall–Kier alpha value is -2.63. The predicted molar refractivity (Wildman–Crippen MR) is 89.3 cm³/mol. The van der Waals surface area contributed by atoms with Crippen LogP contribution in [0.15, 0.2) is 42.6 Å². The first-order valence-electron chi connectivity index (χ1n) is 8.28. The molecule has 1 aromatic carbocycles. The van der Waals surface area contributed by atoms with Gasteiger partial charge in [0.2, 0.25) is 0 Å². The van der Waals surface area contributed by atoms with Crippen molar-refractivity contribution in [3.63, 3.8) is 0 Å². The molecule has 0 atom stereocenters. The fraction of sp³-hybridized carbons (Fsp3) is 0.389. The summed E-state index contributed by atoms with van der Waals surface area (Å²) in [5, 5.41) is 8.20. The third-order valence-electron chi connectivity index (χ3n) is 5.02. The Labute approximate surface area is 140 Å².